The van der Waals surface area contributed by atoms with Crippen LogP contribution in [0.1, 0.15) is 0 Å². The summed E-state index contributed by atoms with van der Waals surface area (Å²) in [6.45, 7) is 0.268. The van der Waals surface area contributed by atoms with E-state index in [2.05, 4.69) is 10.6 Å². The first-order valence-corrected chi connectivity index (χ1v) is 7.20. The number of primary sulfonamides is 1. The van der Waals surface area contributed by atoms with Gasteiger partial charge in [-0.3, -0.25) is 0 Å². The molecule has 94 valence electrons. The standard InChI is InChI=1S/C12H13N3O2S/c13-18(16,17)11-7-14-10-6-5-8-3-1-2-4-9(8)12(10)15-11/h1-6,11,14-15H,7H2,(H2,13,16,17). The zero-order chi connectivity index (χ0) is 12.8. The van der Waals surface area contributed by atoms with Gasteiger partial charge in [-0.15, -0.1) is 0 Å². The van der Waals surface area contributed by atoms with Gasteiger partial charge in [0.2, 0.25) is 10.0 Å². The second-order valence-corrected chi connectivity index (χ2v) is 6.06. The van der Waals surface area contributed by atoms with Crippen molar-refractivity contribution in [1.29, 1.82) is 0 Å². The summed E-state index contributed by atoms with van der Waals surface area (Å²) in [4.78, 5) is 0. The maximum absolute atomic E-state index is 11.4. The summed E-state index contributed by atoms with van der Waals surface area (Å²) < 4.78 is 22.8. The number of fused-ring (bicyclic) bond motifs is 3. The average Bonchev–Trinajstić information content (AvgIpc) is 2.37. The van der Waals surface area contributed by atoms with Gasteiger partial charge in [0, 0.05) is 5.39 Å². The first-order chi connectivity index (χ1) is 8.55. The maximum Gasteiger partial charge on any atom is 0.231 e. The molecule has 6 heteroatoms. The molecular weight excluding hydrogens is 250 g/mol. The molecule has 1 unspecified atom stereocenters. The smallest absolute Gasteiger partial charge is 0.231 e. The molecule has 0 saturated carbocycles. The third-order valence-electron chi connectivity index (χ3n) is 3.11. The van der Waals surface area contributed by atoms with E-state index in [1.54, 1.807) is 0 Å². The Morgan fingerprint density at radius 1 is 1.17 bits per heavy atom. The van der Waals surface area contributed by atoms with Crippen LogP contribution in [0, 0.1) is 0 Å². The van der Waals surface area contributed by atoms with E-state index in [0.717, 1.165) is 22.1 Å². The number of benzene rings is 2. The quantitative estimate of drug-likeness (QED) is 0.724. The lowest BCUT2D eigenvalue weighted by molar-refractivity contribution is 0.588. The van der Waals surface area contributed by atoms with E-state index in [1.807, 2.05) is 36.4 Å². The number of anilines is 2. The molecule has 1 atom stereocenters. The Morgan fingerprint density at radius 2 is 1.94 bits per heavy atom. The molecule has 0 amide bonds. The highest BCUT2D eigenvalue weighted by molar-refractivity contribution is 7.89. The number of nitrogens with one attached hydrogen (secondary N) is 2. The third-order valence-corrected chi connectivity index (χ3v) is 4.19. The molecule has 5 nitrogen and oxygen atoms in total. The zero-order valence-corrected chi connectivity index (χ0v) is 10.4. The van der Waals surface area contributed by atoms with Crippen LogP contribution in [0.25, 0.3) is 10.8 Å². The molecule has 0 bridgehead atoms. The van der Waals surface area contributed by atoms with Crippen LogP contribution in [-0.4, -0.2) is 20.3 Å². The lowest BCUT2D eigenvalue weighted by Crippen LogP contribution is -2.43. The van der Waals surface area contributed by atoms with E-state index in [0.29, 0.717) is 0 Å². The molecule has 1 aliphatic rings. The van der Waals surface area contributed by atoms with E-state index in [9.17, 15) is 8.42 Å². The fourth-order valence-corrected chi connectivity index (χ4v) is 2.79. The molecule has 4 N–H and O–H groups in total. The van der Waals surface area contributed by atoms with Gasteiger partial charge in [0.15, 0.2) is 5.37 Å². The molecule has 18 heavy (non-hydrogen) atoms. The van der Waals surface area contributed by atoms with Crippen LogP contribution >= 0.6 is 0 Å². The summed E-state index contributed by atoms with van der Waals surface area (Å²) in [5, 5.41) is 12.5. The average molecular weight is 263 g/mol. The van der Waals surface area contributed by atoms with Gasteiger partial charge >= 0.3 is 0 Å². The van der Waals surface area contributed by atoms with Crippen LogP contribution in [0.15, 0.2) is 36.4 Å². The molecule has 0 aliphatic carbocycles. The molecule has 0 spiro atoms. The largest absolute Gasteiger partial charge is 0.380 e. The Kier molecular flexibility index (Phi) is 2.42. The van der Waals surface area contributed by atoms with Gasteiger partial charge in [-0.05, 0) is 11.5 Å². The summed E-state index contributed by atoms with van der Waals surface area (Å²) >= 11 is 0. The minimum atomic E-state index is -3.61. The lowest BCUT2D eigenvalue weighted by Gasteiger charge is -2.27. The first-order valence-electron chi connectivity index (χ1n) is 5.59. The van der Waals surface area contributed by atoms with Crippen molar-refractivity contribution in [3.8, 4) is 0 Å². The second-order valence-electron chi connectivity index (χ2n) is 4.31. The van der Waals surface area contributed by atoms with Gasteiger partial charge < -0.3 is 10.6 Å². The summed E-state index contributed by atoms with van der Waals surface area (Å²) in [5.41, 5.74) is 1.69. The van der Waals surface area contributed by atoms with Crippen LogP contribution in [0.5, 0.6) is 0 Å². The summed E-state index contributed by atoms with van der Waals surface area (Å²) in [5.74, 6) is 0. The monoisotopic (exact) mass is 263 g/mol. The molecule has 0 fully saturated rings. The van der Waals surface area contributed by atoms with E-state index in [1.165, 1.54) is 0 Å². The fourth-order valence-electron chi connectivity index (χ4n) is 2.19. The van der Waals surface area contributed by atoms with Crippen molar-refractivity contribution < 1.29 is 8.42 Å². The van der Waals surface area contributed by atoms with Crippen LogP contribution in [0.4, 0.5) is 11.4 Å². The number of rotatable bonds is 1. The highest BCUT2D eigenvalue weighted by atomic mass is 32.2. The maximum atomic E-state index is 11.4. The Hall–Kier alpha value is -1.79. The molecule has 0 aromatic heterocycles. The molecule has 2 aromatic rings. The van der Waals surface area contributed by atoms with Gasteiger partial charge in [-0.2, -0.15) is 0 Å². The normalized spacial score (nSPS) is 18.8. The SMILES string of the molecule is NS(=O)(=O)C1CNc2ccc3ccccc3c2N1. The predicted octanol–water partition coefficient (Wildman–Crippen LogP) is 1.29. The van der Waals surface area contributed by atoms with E-state index >= 15 is 0 Å². The number of hydrogen-bond donors (Lipinski definition) is 3. The Bertz CT molecular complexity index is 712. The van der Waals surface area contributed by atoms with Gasteiger partial charge in [0.25, 0.3) is 0 Å². The van der Waals surface area contributed by atoms with Crippen LogP contribution in [-0.2, 0) is 10.0 Å². The molecule has 1 heterocycles. The second kappa shape index (κ2) is 3.86. The van der Waals surface area contributed by atoms with Gasteiger partial charge in [0.05, 0.1) is 17.9 Å². The summed E-state index contributed by atoms with van der Waals surface area (Å²) in [7, 11) is -3.61. The van der Waals surface area contributed by atoms with Crippen LogP contribution < -0.4 is 15.8 Å². The number of nitrogens with two attached hydrogens (primary N) is 1. The van der Waals surface area contributed by atoms with Crippen molar-refractivity contribution in [1.82, 2.24) is 0 Å². The highest BCUT2D eigenvalue weighted by Gasteiger charge is 2.26. The first kappa shape index (κ1) is 11.3. The van der Waals surface area contributed by atoms with Crippen LogP contribution in [0.2, 0.25) is 0 Å². The van der Waals surface area contributed by atoms with E-state index in [4.69, 9.17) is 5.14 Å². The van der Waals surface area contributed by atoms with Crippen molar-refractivity contribution in [3.63, 3.8) is 0 Å². The minimum absolute atomic E-state index is 0.268. The topological polar surface area (TPSA) is 84.2 Å². The van der Waals surface area contributed by atoms with Crippen molar-refractivity contribution in [2.75, 3.05) is 17.2 Å². The Morgan fingerprint density at radius 3 is 2.72 bits per heavy atom. The predicted molar refractivity (Wildman–Crippen MR) is 73.0 cm³/mol. The zero-order valence-electron chi connectivity index (χ0n) is 9.55. The summed E-state index contributed by atoms with van der Waals surface area (Å²) in [6, 6.07) is 11.7. The highest BCUT2D eigenvalue weighted by Crippen LogP contribution is 2.34. The van der Waals surface area contributed by atoms with E-state index < -0.39 is 15.4 Å². The van der Waals surface area contributed by atoms with Crippen molar-refractivity contribution in [3.05, 3.63) is 36.4 Å². The molecule has 0 radical (unpaired) electrons. The van der Waals surface area contributed by atoms with Gasteiger partial charge in [-0.25, -0.2) is 13.6 Å². The van der Waals surface area contributed by atoms with Crippen LogP contribution in [0.3, 0.4) is 0 Å². The molecular formula is C12H13N3O2S. The Balaban J connectivity index is 2.16. The fraction of sp³-hybridized carbons (Fsp3) is 0.167. The third kappa shape index (κ3) is 1.79. The number of sulfonamides is 1. The van der Waals surface area contributed by atoms with Crippen molar-refractivity contribution in [2.24, 2.45) is 5.14 Å². The number of hydrogen-bond acceptors (Lipinski definition) is 4. The van der Waals surface area contributed by atoms with Crippen molar-refractivity contribution >= 4 is 32.2 Å². The minimum Gasteiger partial charge on any atom is -0.380 e. The molecule has 2 aromatic carbocycles. The molecule has 3 rings (SSSR count). The van der Waals surface area contributed by atoms with Crippen molar-refractivity contribution in [2.45, 2.75) is 5.37 Å². The molecule has 0 saturated heterocycles. The van der Waals surface area contributed by atoms with E-state index in [-0.39, 0.29) is 6.54 Å². The lowest BCUT2D eigenvalue weighted by atomic mass is 10.1. The molecule has 1 aliphatic heterocycles. The van der Waals surface area contributed by atoms with Gasteiger partial charge in [-0.1, -0.05) is 30.3 Å². The van der Waals surface area contributed by atoms with Gasteiger partial charge in [0.1, 0.15) is 0 Å². The Labute approximate surface area is 105 Å². The summed E-state index contributed by atoms with van der Waals surface area (Å²) in [6.07, 6.45) is 0.